The maximum Gasteiger partial charge on any atom is 0.230 e. The second-order valence-electron chi connectivity index (χ2n) is 6.67. The van der Waals surface area contributed by atoms with Gasteiger partial charge in [0.2, 0.25) is 11.8 Å². The molecule has 7 heteroatoms. The molecular weight excluding hydrogens is 346 g/mol. The highest BCUT2D eigenvalue weighted by Gasteiger charge is 2.37. The molecule has 0 saturated heterocycles. The van der Waals surface area contributed by atoms with Crippen molar-refractivity contribution < 1.29 is 4.74 Å². The number of rotatable bonds is 5. The van der Waals surface area contributed by atoms with Crippen LogP contribution in [0, 0.1) is 6.92 Å². The van der Waals surface area contributed by atoms with Crippen LogP contribution in [0.5, 0.6) is 5.88 Å². The zero-order valence-corrected chi connectivity index (χ0v) is 15.6. The van der Waals surface area contributed by atoms with Crippen molar-refractivity contribution in [3.63, 3.8) is 0 Å². The number of nitrogens with one attached hydrogen (secondary N) is 1. The molecule has 1 fully saturated rings. The summed E-state index contributed by atoms with van der Waals surface area (Å²) in [6.07, 6.45) is 6.82. The van der Waals surface area contributed by atoms with Crippen LogP contribution >= 0.6 is 11.3 Å². The van der Waals surface area contributed by atoms with Crippen molar-refractivity contribution in [3.05, 3.63) is 47.2 Å². The fourth-order valence-corrected chi connectivity index (χ4v) is 4.11. The highest BCUT2D eigenvalue weighted by atomic mass is 32.1. The summed E-state index contributed by atoms with van der Waals surface area (Å²) < 4.78 is 5.15. The first-order valence-corrected chi connectivity index (χ1v) is 9.39. The van der Waals surface area contributed by atoms with Crippen LogP contribution in [0.3, 0.4) is 0 Å². The van der Waals surface area contributed by atoms with E-state index >= 15 is 0 Å². The SMILES string of the molecule is COc1ccnc(Nc2cc(C)cc(-c3cnc(C4(N)CCC4)s3)c2)n1. The molecule has 1 saturated carbocycles. The van der Waals surface area contributed by atoms with Gasteiger partial charge < -0.3 is 15.8 Å². The van der Waals surface area contributed by atoms with Crippen LogP contribution in [-0.4, -0.2) is 22.1 Å². The highest BCUT2D eigenvalue weighted by Crippen LogP contribution is 2.42. The van der Waals surface area contributed by atoms with Crippen LogP contribution in [0.2, 0.25) is 0 Å². The number of thiazole rings is 1. The molecule has 26 heavy (non-hydrogen) atoms. The van der Waals surface area contributed by atoms with Crippen LogP contribution in [-0.2, 0) is 5.54 Å². The molecule has 0 amide bonds. The zero-order valence-electron chi connectivity index (χ0n) is 14.8. The minimum Gasteiger partial charge on any atom is -0.481 e. The molecule has 0 unspecified atom stereocenters. The molecule has 6 nitrogen and oxygen atoms in total. The van der Waals surface area contributed by atoms with Gasteiger partial charge in [-0.1, -0.05) is 6.07 Å². The first-order chi connectivity index (χ1) is 12.6. The summed E-state index contributed by atoms with van der Waals surface area (Å²) in [5.41, 5.74) is 9.38. The molecule has 1 aromatic carbocycles. The molecule has 3 aromatic rings. The monoisotopic (exact) mass is 367 g/mol. The highest BCUT2D eigenvalue weighted by molar-refractivity contribution is 7.15. The third-order valence-electron chi connectivity index (χ3n) is 4.63. The molecule has 2 aromatic heterocycles. The zero-order chi connectivity index (χ0) is 18.1. The number of hydrogen-bond donors (Lipinski definition) is 2. The summed E-state index contributed by atoms with van der Waals surface area (Å²) >= 11 is 1.68. The van der Waals surface area contributed by atoms with Crippen LogP contribution in [0.4, 0.5) is 11.6 Å². The van der Waals surface area contributed by atoms with Gasteiger partial charge in [-0.2, -0.15) is 4.98 Å². The van der Waals surface area contributed by atoms with Crippen LogP contribution in [0.15, 0.2) is 36.7 Å². The van der Waals surface area contributed by atoms with E-state index in [1.807, 2.05) is 6.20 Å². The molecule has 3 N–H and O–H groups in total. The topological polar surface area (TPSA) is 86.0 Å². The Morgan fingerprint density at radius 2 is 2.08 bits per heavy atom. The first-order valence-electron chi connectivity index (χ1n) is 8.57. The van der Waals surface area contributed by atoms with Crippen molar-refractivity contribution in [2.45, 2.75) is 31.7 Å². The second-order valence-corrected chi connectivity index (χ2v) is 7.71. The van der Waals surface area contributed by atoms with Crippen LogP contribution in [0.1, 0.15) is 29.8 Å². The number of nitrogens with zero attached hydrogens (tertiary/aromatic N) is 3. The lowest BCUT2D eigenvalue weighted by Gasteiger charge is -2.35. The van der Waals surface area contributed by atoms with E-state index in [1.54, 1.807) is 30.7 Å². The molecule has 1 aliphatic rings. The van der Waals surface area contributed by atoms with Crippen LogP contribution in [0.25, 0.3) is 10.4 Å². The standard InChI is InChI=1S/C19H21N5OS/c1-12-8-13(15-11-22-17(26-15)19(20)5-3-6-19)10-14(9-12)23-18-21-7-4-16(24-18)25-2/h4,7-11H,3,5-6,20H2,1-2H3,(H,21,23,24). The van der Waals surface area contributed by atoms with Gasteiger partial charge in [0.25, 0.3) is 0 Å². The molecule has 134 valence electrons. The van der Waals surface area contributed by atoms with Crippen molar-refractivity contribution in [3.8, 4) is 16.3 Å². The molecular formula is C19H21N5OS. The Morgan fingerprint density at radius 1 is 1.23 bits per heavy atom. The summed E-state index contributed by atoms with van der Waals surface area (Å²) in [7, 11) is 1.59. The summed E-state index contributed by atoms with van der Waals surface area (Å²) in [5.74, 6) is 1.03. The molecule has 1 aliphatic carbocycles. The number of hydrogen-bond acceptors (Lipinski definition) is 7. The number of ether oxygens (including phenoxy) is 1. The fourth-order valence-electron chi connectivity index (χ4n) is 3.05. The molecule has 2 heterocycles. The molecule has 0 atom stereocenters. The summed E-state index contributed by atoms with van der Waals surface area (Å²) in [6.45, 7) is 2.07. The van der Waals surface area contributed by atoms with Gasteiger partial charge in [-0.25, -0.2) is 9.97 Å². The van der Waals surface area contributed by atoms with Crippen molar-refractivity contribution >= 4 is 23.0 Å². The average molecular weight is 367 g/mol. The number of benzene rings is 1. The van der Waals surface area contributed by atoms with Gasteiger partial charge in [-0.15, -0.1) is 11.3 Å². The molecule has 0 aliphatic heterocycles. The van der Waals surface area contributed by atoms with E-state index in [0.29, 0.717) is 11.8 Å². The number of anilines is 2. The minimum absolute atomic E-state index is 0.220. The van der Waals surface area contributed by atoms with Gasteiger partial charge in [0.15, 0.2) is 0 Å². The minimum atomic E-state index is -0.220. The van der Waals surface area contributed by atoms with E-state index in [1.165, 1.54) is 6.42 Å². The Kier molecular flexibility index (Phi) is 4.34. The van der Waals surface area contributed by atoms with Crippen LogP contribution < -0.4 is 15.8 Å². The number of aromatic nitrogens is 3. The maximum atomic E-state index is 6.41. The lowest BCUT2D eigenvalue weighted by molar-refractivity contribution is 0.253. The number of methoxy groups -OCH3 is 1. The molecule has 0 bridgehead atoms. The van der Waals surface area contributed by atoms with Gasteiger partial charge in [0, 0.05) is 24.1 Å². The predicted octanol–water partition coefficient (Wildman–Crippen LogP) is 4.00. The fraction of sp³-hybridized carbons (Fsp3) is 0.316. The lowest BCUT2D eigenvalue weighted by Crippen LogP contribution is -2.43. The molecule has 0 spiro atoms. The third-order valence-corrected chi connectivity index (χ3v) is 5.90. The van der Waals surface area contributed by atoms with Gasteiger partial charge in [-0.05, 0) is 49.4 Å². The van der Waals surface area contributed by atoms with Gasteiger partial charge in [0.1, 0.15) is 5.01 Å². The second kappa shape index (κ2) is 6.66. The van der Waals surface area contributed by atoms with Gasteiger partial charge in [0.05, 0.1) is 17.5 Å². The predicted molar refractivity (Wildman–Crippen MR) is 104 cm³/mol. The van der Waals surface area contributed by atoms with E-state index in [4.69, 9.17) is 10.5 Å². The Balaban J connectivity index is 1.62. The normalized spacial score (nSPS) is 15.3. The van der Waals surface area contributed by atoms with E-state index in [9.17, 15) is 0 Å². The summed E-state index contributed by atoms with van der Waals surface area (Å²) in [5, 5.41) is 4.28. The lowest BCUT2D eigenvalue weighted by atomic mass is 9.78. The molecule has 4 rings (SSSR count). The Labute approximate surface area is 156 Å². The smallest absolute Gasteiger partial charge is 0.230 e. The van der Waals surface area contributed by atoms with Gasteiger partial charge in [-0.3, -0.25) is 0 Å². The number of nitrogens with two attached hydrogens (primary N) is 1. The van der Waals surface area contributed by atoms with Crippen molar-refractivity contribution in [1.29, 1.82) is 0 Å². The van der Waals surface area contributed by atoms with Gasteiger partial charge >= 0.3 is 0 Å². The van der Waals surface area contributed by atoms with Crippen molar-refractivity contribution in [1.82, 2.24) is 15.0 Å². The van der Waals surface area contributed by atoms with Crippen molar-refractivity contribution in [2.75, 3.05) is 12.4 Å². The summed E-state index contributed by atoms with van der Waals surface area (Å²) in [6, 6.07) is 8.01. The largest absolute Gasteiger partial charge is 0.481 e. The Morgan fingerprint density at radius 3 is 2.81 bits per heavy atom. The Bertz CT molecular complexity index is 935. The first kappa shape index (κ1) is 16.9. The Hall–Kier alpha value is -2.51. The summed E-state index contributed by atoms with van der Waals surface area (Å²) in [4.78, 5) is 14.2. The number of aryl methyl sites for hydroxylation is 1. The van der Waals surface area contributed by atoms with E-state index in [0.717, 1.165) is 39.5 Å². The van der Waals surface area contributed by atoms with E-state index < -0.39 is 0 Å². The van der Waals surface area contributed by atoms with E-state index in [2.05, 4.69) is 45.4 Å². The van der Waals surface area contributed by atoms with Crippen molar-refractivity contribution in [2.24, 2.45) is 5.73 Å². The quantitative estimate of drug-likeness (QED) is 0.709. The maximum absolute atomic E-state index is 6.41. The molecule has 0 radical (unpaired) electrons. The third kappa shape index (κ3) is 3.27. The average Bonchev–Trinajstić information content (AvgIpc) is 3.10. The van der Waals surface area contributed by atoms with E-state index in [-0.39, 0.29) is 5.54 Å².